The first-order valence-corrected chi connectivity index (χ1v) is 6.86. The van der Waals surface area contributed by atoms with Gasteiger partial charge in [0.15, 0.2) is 0 Å². The molecule has 21 heavy (non-hydrogen) atoms. The minimum atomic E-state index is -0.617. The van der Waals surface area contributed by atoms with E-state index in [2.05, 4.69) is 0 Å². The van der Waals surface area contributed by atoms with Crippen molar-refractivity contribution in [3.8, 4) is 11.1 Å². The molecule has 0 atom stereocenters. The van der Waals surface area contributed by atoms with Crippen molar-refractivity contribution in [2.75, 3.05) is 0 Å². The largest absolute Gasteiger partial charge is 0.456 e. The first kappa shape index (κ1) is 15.2. The van der Waals surface area contributed by atoms with E-state index in [1.807, 2.05) is 31.2 Å². The van der Waals surface area contributed by atoms with Gasteiger partial charge in [-0.15, -0.1) is 0 Å². The molecule has 0 amide bonds. The summed E-state index contributed by atoms with van der Waals surface area (Å²) in [5.74, 6) is -0.968. The molecule has 0 saturated carbocycles. The fraction of sp³-hybridized carbons (Fsp3) is 0.278. The Bertz CT molecular complexity index is 652. The molecule has 0 aliphatic carbocycles. The van der Waals surface area contributed by atoms with Gasteiger partial charge in [0.1, 0.15) is 11.4 Å². The summed E-state index contributed by atoms with van der Waals surface area (Å²) in [4.78, 5) is 12.3. The number of halogens is 1. The number of hydrogen-bond donors (Lipinski definition) is 0. The second-order valence-electron chi connectivity index (χ2n) is 6.06. The Morgan fingerprint density at radius 3 is 2.24 bits per heavy atom. The summed E-state index contributed by atoms with van der Waals surface area (Å²) in [5, 5.41) is 0. The smallest absolute Gasteiger partial charge is 0.339 e. The lowest BCUT2D eigenvalue weighted by molar-refractivity contribution is 0.00699. The van der Waals surface area contributed by atoms with Gasteiger partial charge in [0.25, 0.3) is 0 Å². The molecular weight excluding hydrogens is 267 g/mol. The molecule has 0 N–H and O–H groups in total. The number of benzene rings is 2. The molecule has 0 radical (unpaired) electrons. The van der Waals surface area contributed by atoms with Gasteiger partial charge in [0, 0.05) is 0 Å². The van der Waals surface area contributed by atoms with E-state index >= 15 is 0 Å². The van der Waals surface area contributed by atoms with Gasteiger partial charge in [-0.1, -0.05) is 35.9 Å². The number of carbonyl (C=O) groups excluding carboxylic acids is 1. The maximum Gasteiger partial charge on any atom is 0.339 e. The fourth-order valence-electron chi connectivity index (χ4n) is 2.00. The fourth-order valence-corrected chi connectivity index (χ4v) is 2.00. The topological polar surface area (TPSA) is 26.3 Å². The van der Waals surface area contributed by atoms with E-state index in [1.165, 1.54) is 12.1 Å². The number of esters is 1. The van der Waals surface area contributed by atoms with Gasteiger partial charge in [0.2, 0.25) is 0 Å². The van der Waals surface area contributed by atoms with Crippen LogP contribution in [0.3, 0.4) is 0 Å². The van der Waals surface area contributed by atoms with Crippen LogP contribution in [0.25, 0.3) is 11.1 Å². The number of rotatable bonds is 2. The van der Waals surface area contributed by atoms with Crippen molar-refractivity contribution in [3.63, 3.8) is 0 Å². The molecular formula is C18H19FO2. The van der Waals surface area contributed by atoms with Gasteiger partial charge in [-0.2, -0.15) is 0 Å². The first-order valence-electron chi connectivity index (χ1n) is 6.86. The average molecular weight is 286 g/mol. The van der Waals surface area contributed by atoms with Gasteiger partial charge in [-0.05, 0) is 51.0 Å². The maximum atomic E-state index is 13.5. The maximum absolute atomic E-state index is 13.5. The van der Waals surface area contributed by atoms with E-state index in [-0.39, 0.29) is 5.56 Å². The van der Waals surface area contributed by atoms with Crippen LogP contribution >= 0.6 is 0 Å². The molecule has 0 aromatic heterocycles. The summed E-state index contributed by atoms with van der Waals surface area (Å²) in [6.45, 7) is 7.35. The van der Waals surface area contributed by atoms with Crippen LogP contribution in [0, 0.1) is 12.7 Å². The van der Waals surface area contributed by atoms with Crippen LogP contribution in [0.2, 0.25) is 0 Å². The van der Waals surface area contributed by atoms with E-state index in [0.29, 0.717) is 5.56 Å². The standard InChI is InChI=1S/C18H19FO2/c1-12-5-7-13(8-6-12)15-10-9-14(19)11-16(15)17(20)21-18(2,3)4/h5-11H,1-4H3. The molecule has 110 valence electrons. The quantitative estimate of drug-likeness (QED) is 0.744. The Balaban J connectivity index is 2.47. The van der Waals surface area contributed by atoms with Gasteiger partial charge < -0.3 is 4.74 Å². The molecule has 0 fully saturated rings. The minimum Gasteiger partial charge on any atom is -0.456 e. The highest BCUT2D eigenvalue weighted by atomic mass is 19.1. The van der Waals surface area contributed by atoms with Crippen molar-refractivity contribution in [2.45, 2.75) is 33.3 Å². The average Bonchev–Trinajstić information content (AvgIpc) is 2.38. The molecule has 2 nitrogen and oxygen atoms in total. The number of hydrogen-bond acceptors (Lipinski definition) is 2. The molecule has 0 spiro atoms. The van der Waals surface area contributed by atoms with Crippen LogP contribution in [0.1, 0.15) is 36.7 Å². The summed E-state index contributed by atoms with van der Waals surface area (Å²) < 4.78 is 18.9. The molecule has 0 saturated heterocycles. The SMILES string of the molecule is Cc1ccc(-c2ccc(F)cc2C(=O)OC(C)(C)C)cc1. The van der Waals surface area contributed by atoms with E-state index in [1.54, 1.807) is 26.8 Å². The lowest BCUT2D eigenvalue weighted by Gasteiger charge is -2.20. The van der Waals surface area contributed by atoms with E-state index in [9.17, 15) is 9.18 Å². The highest BCUT2D eigenvalue weighted by Gasteiger charge is 2.21. The Morgan fingerprint density at radius 1 is 1.05 bits per heavy atom. The predicted molar refractivity (Wildman–Crippen MR) is 81.7 cm³/mol. The van der Waals surface area contributed by atoms with Crippen molar-refractivity contribution in [3.05, 3.63) is 59.4 Å². The van der Waals surface area contributed by atoms with Crippen LogP contribution in [-0.2, 0) is 4.74 Å². The molecule has 0 heterocycles. The number of ether oxygens (including phenoxy) is 1. The Morgan fingerprint density at radius 2 is 1.67 bits per heavy atom. The van der Waals surface area contributed by atoms with E-state index < -0.39 is 17.4 Å². The molecule has 0 aliphatic rings. The van der Waals surface area contributed by atoms with Crippen LogP contribution in [0.4, 0.5) is 4.39 Å². The van der Waals surface area contributed by atoms with Crippen molar-refractivity contribution in [2.24, 2.45) is 0 Å². The van der Waals surface area contributed by atoms with Gasteiger partial charge in [0.05, 0.1) is 5.56 Å². The Hall–Kier alpha value is -2.16. The minimum absolute atomic E-state index is 0.244. The summed E-state index contributed by atoms with van der Waals surface area (Å²) in [6.07, 6.45) is 0. The summed E-state index contributed by atoms with van der Waals surface area (Å²) in [5.41, 5.74) is 2.29. The normalized spacial score (nSPS) is 11.3. The van der Waals surface area contributed by atoms with Crippen LogP contribution < -0.4 is 0 Å². The van der Waals surface area contributed by atoms with E-state index in [4.69, 9.17) is 4.74 Å². The third-order valence-electron chi connectivity index (χ3n) is 2.96. The Kier molecular flexibility index (Phi) is 4.12. The molecule has 2 rings (SSSR count). The highest BCUT2D eigenvalue weighted by molar-refractivity contribution is 5.97. The van der Waals surface area contributed by atoms with Crippen molar-refractivity contribution >= 4 is 5.97 Å². The molecule has 0 bridgehead atoms. The van der Waals surface area contributed by atoms with E-state index in [0.717, 1.165) is 11.1 Å². The lowest BCUT2D eigenvalue weighted by Crippen LogP contribution is -2.24. The van der Waals surface area contributed by atoms with Gasteiger partial charge in [-0.25, -0.2) is 9.18 Å². The molecule has 0 unspecified atom stereocenters. The second-order valence-corrected chi connectivity index (χ2v) is 6.06. The molecule has 2 aromatic carbocycles. The third-order valence-corrected chi connectivity index (χ3v) is 2.96. The highest BCUT2D eigenvalue weighted by Crippen LogP contribution is 2.26. The second kappa shape index (κ2) is 5.68. The summed E-state index contributed by atoms with van der Waals surface area (Å²) in [6, 6.07) is 11.9. The summed E-state index contributed by atoms with van der Waals surface area (Å²) >= 11 is 0. The van der Waals surface area contributed by atoms with Gasteiger partial charge in [-0.3, -0.25) is 0 Å². The van der Waals surface area contributed by atoms with Crippen molar-refractivity contribution in [1.29, 1.82) is 0 Å². The van der Waals surface area contributed by atoms with Gasteiger partial charge >= 0.3 is 5.97 Å². The monoisotopic (exact) mass is 286 g/mol. The zero-order valence-electron chi connectivity index (χ0n) is 12.7. The van der Waals surface area contributed by atoms with Crippen LogP contribution in [-0.4, -0.2) is 11.6 Å². The molecule has 3 heteroatoms. The summed E-state index contributed by atoms with van der Waals surface area (Å²) in [7, 11) is 0. The number of carbonyl (C=O) groups is 1. The third kappa shape index (κ3) is 3.91. The number of aryl methyl sites for hydroxylation is 1. The first-order chi connectivity index (χ1) is 9.76. The van der Waals surface area contributed by atoms with Crippen molar-refractivity contribution < 1.29 is 13.9 Å². The van der Waals surface area contributed by atoms with Crippen molar-refractivity contribution in [1.82, 2.24) is 0 Å². The van der Waals surface area contributed by atoms with Crippen LogP contribution in [0.5, 0.6) is 0 Å². The zero-order valence-corrected chi connectivity index (χ0v) is 12.7. The lowest BCUT2D eigenvalue weighted by atomic mass is 9.98. The predicted octanol–water partition coefficient (Wildman–Crippen LogP) is 4.76. The van der Waals surface area contributed by atoms with Crippen LogP contribution in [0.15, 0.2) is 42.5 Å². The Labute approximate surface area is 124 Å². The molecule has 0 aliphatic heterocycles. The molecule has 2 aromatic rings. The zero-order chi connectivity index (χ0) is 15.6.